The number of halogens is 1. The number of hydrogen-bond acceptors (Lipinski definition) is 6. The number of likely N-dealkylation sites (tertiary alicyclic amines) is 2. The maximum Gasteiger partial charge on any atom is 0.410 e. The van der Waals surface area contributed by atoms with Gasteiger partial charge < -0.3 is 19.6 Å². The molecule has 6 rings (SSSR count). The number of carboxylic acid groups (broad SMARTS) is 1. The molecule has 2 fully saturated rings. The molecule has 3 heterocycles. The molecular formula is C33H31ClN4O5. The molecular weight excluding hydrogens is 568 g/mol. The van der Waals surface area contributed by atoms with Crippen molar-refractivity contribution in [3.63, 3.8) is 0 Å². The molecule has 3 aromatic carbocycles. The van der Waals surface area contributed by atoms with E-state index in [0.717, 1.165) is 28.9 Å². The van der Waals surface area contributed by atoms with Crippen LogP contribution in [0.4, 0.5) is 4.79 Å². The quantitative estimate of drug-likeness (QED) is 0.236. The summed E-state index contributed by atoms with van der Waals surface area (Å²) in [6.45, 7) is 1.12. The Labute approximate surface area is 254 Å². The van der Waals surface area contributed by atoms with E-state index in [1.165, 1.54) is 0 Å². The maximum atomic E-state index is 13.6. The number of rotatable bonds is 9. The number of carbonyl (C=O) groups is 3. The fourth-order valence-corrected chi connectivity index (χ4v) is 6.04. The summed E-state index contributed by atoms with van der Waals surface area (Å²) in [6, 6.07) is 22.2. The second kappa shape index (κ2) is 12.4. The largest absolute Gasteiger partial charge is 0.481 e. The van der Waals surface area contributed by atoms with Crippen molar-refractivity contribution in [2.45, 2.75) is 50.8 Å². The van der Waals surface area contributed by atoms with Crippen molar-refractivity contribution >= 4 is 40.6 Å². The highest BCUT2D eigenvalue weighted by molar-refractivity contribution is 6.30. The number of hydrogen-bond donors (Lipinski definition) is 1. The first-order chi connectivity index (χ1) is 20.9. The lowest BCUT2D eigenvalue weighted by atomic mass is 10.0. The Morgan fingerprint density at radius 3 is 2.35 bits per heavy atom. The van der Waals surface area contributed by atoms with E-state index in [9.17, 15) is 14.4 Å². The fourth-order valence-electron chi connectivity index (χ4n) is 5.91. The lowest BCUT2D eigenvalue weighted by Gasteiger charge is -2.33. The Hall–Kier alpha value is -4.50. The molecule has 2 aliphatic rings. The normalized spacial score (nSPS) is 17.4. The Morgan fingerprint density at radius 2 is 1.63 bits per heavy atom. The van der Waals surface area contributed by atoms with Crippen LogP contribution in [0.2, 0.25) is 5.02 Å². The summed E-state index contributed by atoms with van der Waals surface area (Å²) in [4.78, 5) is 50.7. The Kier molecular flexibility index (Phi) is 8.24. The van der Waals surface area contributed by atoms with E-state index in [-0.39, 0.29) is 37.1 Å². The van der Waals surface area contributed by atoms with E-state index < -0.39 is 5.97 Å². The Morgan fingerprint density at radius 1 is 0.884 bits per heavy atom. The third-order valence-electron chi connectivity index (χ3n) is 8.10. The highest BCUT2D eigenvalue weighted by atomic mass is 35.5. The van der Waals surface area contributed by atoms with E-state index in [1.807, 2.05) is 53.4 Å². The summed E-state index contributed by atoms with van der Waals surface area (Å²) < 4.78 is 5.53. The van der Waals surface area contributed by atoms with Crippen LogP contribution in [-0.4, -0.2) is 68.0 Å². The minimum absolute atomic E-state index is 0.0689. The lowest BCUT2D eigenvalue weighted by molar-refractivity contribution is -0.137. The standard InChI is InChI=1S/C33H31ClN4O5/c34-24-13-10-22(11-14-24)31-28(8-4-5-9-30(39)40)35-29-16-23(12-15-27(29)36-31)32(41)37-18-26-17-25(37)19-38(26)33(42)43-20-21-6-2-1-3-7-21/h1-3,6-7,10-16,25-26H,4-5,8-9,17-20H2,(H,39,40). The maximum absolute atomic E-state index is 13.6. The van der Waals surface area contributed by atoms with E-state index in [1.54, 1.807) is 29.2 Å². The van der Waals surface area contributed by atoms with Crippen LogP contribution in [0.5, 0.6) is 0 Å². The van der Waals surface area contributed by atoms with Crippen molar-refractivity contribution in [2.24, 2.45) is 0 Å². The molecule has 2 bridgehead atoms. The number of amides is 2. The van der Waals surface area contributed by atoms with Gasteiger partial charge in [-0.15, -0.1) is 0 Å². The van der Waals surface area contributed by atoms with Gasteiger partial charge in [-0.1, -0.05) is 54.1 Å². The first-order valence-electron chi connectivity index (χ1n) is 14.4. The number of carboxylic acids is 1. The molecule has 9 nitrogen and oxygen atoms in total. The predicted molar refractivity (Wildman–Crippen MR) is 162 cm³/mol. The average Bonchev–Trinajstić information content (AvgIpc) is 3.64. The van der Waals surface area contributed by atoms with Gasteiger partial charge in [0.05, 0.1) is 34.5 Å². The highest BCUT2D eigenvalue weighted by Crippen LogP contribution is 2.33. The number of fused-ring (bicyclic) bond motifs is 3. The van der Waals surface area contributed by atoms with Crippen molar-refractivity contribution < 1.29 is 24.2 Å². The Bertz CT molecular complexity index is 1660. The van der Waals surface area contributed by atoms with Gasteiger partial charge in [0.15, 0.2) is 0 Å². The molecule has 0 radical (unpaired) electrons. The minimum Gasteiger partial charge on any atom is -0.481 e. The zero-order chi connectivity index (χ0) is 29.9. The molecule has 1 N–H and O–H groups in total. The van der Waals surface area contributed by atoms with Gasteiger partial charge in [0.2, 0.25) is 0 Å². The number of benzene rings is 3. The van der Waals surface area contributed by atoms with Crippen molar-refractivity contribution in [1.82, 2.24) is 19.8 Å². The van der Waals surface area contributed by atoms with E-state index in [2.05, 4.69) is 0 Å². The molecule has 1 aromatic heterocycles. The summed E-state index contributed by atoms with van der Waals surface area (Å²) in [6.07, 6.45) is 2.20. The topological polar surface area (TPSA) is 113 Å². The summed E-state index contributed by atoms with van der Waals surface area (Å²) >= 11 is 6.10. The summed E-state index contributed by atoms with van der Waals surface area (Å²) in [5.74, 6) is -0.924. The number of aliphatic carboxylic acids is 1. The fraction of sp³-hybridized carbons (Fsp3) is 0.303. The third-order valence-corrected chi connectivity index (χ3v) is 8.35. The van der Waals surface area contributed by atoms with Crippen LogP contribution in [0.25, 0.3) is 22.3 Å². The van der Waals surface area contributed by atoms with Crippen LogP contribution in [-0.2, 0) is 22.6 Å². The molecule has 4 aromatic rings. The van der Waals surface area contributed by atoms with Gasteiger partial charge >= 0.3 is 12.1 Å². The lowest BCUT2D eigenvalue weighted by Crippen LogP contribution is -2.50. The van der Waals surface area contributed by atoms with Crippen LogP contribution >= 0.6 is 11.6 Å². The second-order valence-corrected chi connectivity index (χ2v) is 11.5. The zero-order valence-corrected chi connectivity index (χ0v) is 24.2. The molecule has 220 valence electrons. The number of nitrogens with zero attached hydrogens (tertiary/aromatic N) is 4. The minimum atomic E-state index is -0.825. The average molecular weight is 599 g/mol. The van der Waals surface area contributed by atoms with Gasteiger partial charge in [0, 0.05) is 35.7 Å². The highest BCUT2D eigenvalue weighted by Gasteiger charge is 2.47. The third kappa shape index (κ3) is 6.32. The van der Waals surface area contributed by atoms with Crippen LogP contribution in [0.3, 0.4) is 0 Å². The van der Waals surface area contributed by atoms with Gasteiger partial charge in [0.25, 0.3) is 5.91 Å². The molecule has 0 saturated carbocycles. The molecule has 0 spiro atoms. The molecule has 0 aliphatic carbocycles. The Balaban J connectivity index is 1.17. The molecule has 10 heteroatoms. The van der Waals surface area contributed by atoms with Gasteiger partial charge in [-0.2, -0.15) is 0 Å². The van der Waals surface area contributed by atoms with Crippen molar-refractivity contribution in [3.05, 3.63) is 94.6 Å². The van der Waals surface area contributed by atoms with E-state index >= 15 is 0 Å². The van der Waals surface area contributed by atoms with E-state index in [4.69, 9.17) is 31.4 Å². The number of unbranched alkanes of at least 4 members (excludes halogenated alkanes) is 1. The zero-order valence-electron chi connectivity index (χ0n) is 23.5. The van der Waals surface area contributed by atoms with Gasteiger partial charge in [-0.3, -0.25) is 9.59 Å². The SMILES string of the molecule is O=C(O)CCCCc1nc2cc(C(=O)N3CC4CC3CN4C(=O)OCc3ccccc3)ccc2nc1-c1ccc(Cl)cc1. The predicted octanol–water partition coefficient (Wildman–Crippen LogP) is 5.98. The molecule has 2 saturated heterocycles. The van der Waals surface area contributed by atoms with Crippen molar-refractivity contribution in [1.29, 1.82) is 0 Å². The molecule has 2 atom stereocenters. The van der Waals surface area contributed by atoms with Crippen LogP contribution in [0, 0.1) is 0 Å². The number of aryl methyl sites for hydroxylation is 1. The summed E-state index contributed by atoms with van der Waals surface area (Å²) in [5, 5.41) is 9.65. The van der Waals surface area contributed by atoms with Crippen LogP contribution in [0.1, 0.15) is 47.3 Å². The second-order valence-electron chi connectivity index (χ2n) is 11.0. The smallest absolute Gasteiger partial charge is 0.410 e. The van der Waals surface area contributed by atoms with Gasteiger partial charge in [-0.25, -0.2) is 14.8 Å². The first-order valence-corrected chi connectivity index (χ1v) is 14.8. The summed E-state index contributed by atoms with van der Waals surface area (Å²) in [7, 11) is 0. The van der Waals surface area contributed by atoms with Gasteiger partial charge in [-0.05, 0) is 61.6 Å². The molecule has 2 aliphatic heterocycles. The number of piperazine rings is 1. The van der Waals surface area contributed by atoms with E-state index in [0.29, 0.717) is 54.0 Å². The molecule has 43 heavy (non-hydrogen) atoms. The first kappa shape index (κ1) is 28.6. The van der Waals surface area contributed by atoms with Gasteiger partial charge in [0.1, 0.15) is 6.61 Å². The summed E-state index contributed by atoms with van der Waals surface area (Å²) in [5.41, 5.74) is 5.04. The number of aromatic nitrogens is 2. The molecule has 2 amide bonds. The van der Waals surface area contributed by atoms with Crippen LogP contribution in [0.15, 0.2) is 72.8 Å². The van der Waals surface area contributed by atoms with Crippen molar-refractivity contribution in [2.75, 3.05) is 13.1 Å². The number of ether oxygens (including phenoxy) is 1. The molecule has 2 unspecified atom stereocenters. The number of carbonyl (C=O) groups excluding carboxylic acids is 2. The van der Waals surface area contributed by atoms with Crippen LogP contribution < -0.4 is 0 Å². The van der Waals surface area contributed by atoms with Crippen molar-refractivity contribution in [3.8, 4) is 11.3 Å². The monoisotopic (exact) mass is 598 g/mol.